The van der Waals surface area contributed by atoms with E-state index in [9.17, 15) is 0 Å². The predicted molar refractivity (Wildman–Crippen MR) is 57.2 cm³/mol. The summed E-state index contributed by atoms with van der Waals surface area (Å²) in [4.78, 5) is 8.50. The fourth-order valence-corrected chi connectivity index (χ4v) is 1.65. The number of nitrogens with zero attached hydrogens (tertiary/aromatic N) is 2. The van der Waals surface area contributed by atoms with Crippen molar-refractivity contribution in [2.45, 2.75) is 39.2 Å². The molecule has 76 valence electrons. The van der Waals surface area contributed by atoms with Gasteiger partial charge in [0.05, 0.1) is 0 Å². The van der Waals surface area contributed by atoms with Gasteiger partial charge in [-0.05, 0) is 32.3 Å². The predicted octanol–water partition coefficient (Wildman–Crippen LogP) is 2.39. The highest BCUT2D eigenvalue weighted by atomic mass is 15.1. The van der Waals surface area contributed by atoms with E-state index in [2.05, 4.69) is 22.2 Å². The van der Waals surface area contributed by atoms with Gasteiger partial charge in [-0.15, -0.1) is 0 Å². The summed E-state index contributed by atoms with van der Waals surface area (Å²) < 4.78 is 0. The topological polar surface area (TPSA) is 37.8 Å². The molecule has 1 aliphatic carbocycles. The summed E-state index contributed by atoms with van der Waals surface area (Å²) in [6.45, 7) is 4.18. The van der Waals surface area contributed by atoms with Gasteiger partial charge in [0.1, 0.15) is 0 Å². The number of nitrogens with one attached hydrogen (secondary N) is 1. The second-order valence-corrected chi connectivity index (χ2v) is 4.25. The third kappa shape index (κ3) is 2.69. The lowest BCUT2D eigenvalue weighted by Gasteiger charge is -2.12. The molecule has 0 aromatic carbocycles. The first-order valence-corrected chi connectivity index (χ1v) is 5.30. The number of aromatic nitrogens is 2. The minimum Gasteiger partial charge on any atom is -0.352 e. The normalized spacial score (nSPS) is 17.9. The lowest BCUT2D eigenvalue weighted by Crippen LogP contribution is -2.17. The molecule has 1 unspecified atom stereocenters. The molecule has 1 aromatic rings. The van der Waals surface area contributed by atoms with E-state index in [1.165, 1.54) is 19.3 Å². The van der Waals surface area contributed by atoms with Crippen LogP contribution >= 0.6 is 0 Å². The quantitative estimate of drug-likeness (QED) is 0.794. The molecule has 1 heterocycles. The molecule has 0 aliphatic heterocycles. The molecule has 0 spiro atoms. The average Bonchev–Trinajstić information content (AvgIpc) is 2.87. The van der Waals surface area contributed by atoms with Crippen LogP contribution in [0.1, 0.15) is 31.9 Å². The molecule has 0 saturated heterocycles. The fraction of sp³-hybridized carbons (Fsp3) is 0.636. The third-order valence-corrected chi connectivity index (χ3v) is 2.55. The highest BCUT2D eigenvalue weighted by Crippen LogP contribution is 2.33. The van der Waals surface area contributed by atoms with Crippen molar-refractivity contribution in [3.8, 4) is 0 Å². The summed E-state index contributed by atoms with van der Waals surface area (Å²) in [6.07, 6.45) is 5.85. The summed E-state index contributed by atoms with van der Waals surface area (Å²) in [5.41, 5.74) is 1.01. The van der Waals surface area contributed by atoms with Gasteiger partial charge in [-0.1, -0.05) is 12.8 Å². The van der Waals surface area contributed by atoms with Gasteiger partial charge >= 0.3 is 0 Å². The maximum Gasteiger partial charge on any atom is 0.223 e. The standard InChI is InChI=1S/C11H17N3/c1-8-5-6-12-11(13-8)14-9(2)7-10-3-4-10/h5-6,9-10H,3-4,7H2,1-2H3,(H,12,13,14). The average molecular weight is 191 g/mol. The highest BCUT2D eigenvalue weighted by molar-refractivity contribution is 5.26. The number of aryl methyl sites for hydroxylation is 1. The molecule has 14 heavy (non-hydrogen) atoms. The molecular formula is C11H17N3. The van der Waals surface area contributed by atoms with Crippen LogP contribution < -0.4 is 5.32 Å². The Kier molecular flexibility index (Phi) is 2.66. The van der Waals surface area contributed by atoms with Crippen molar-refractivity contribution in [1.29, 1.82) is 0 Å². The molecule has 3 heteroatoms. The lowest BCUT2D eigenvalue weighted by molar-refractivity contribution is 0.637. The fourth-order valence-electron chi connectivity index (χ4n) is 1.65. The number of hydrogen-bond donors (Lipinski definition) is 1. The molecule has 0 radical (unpaired) electrons. The first-order chi connectivity index (χ1) is 6.74. The second kappa shape index (κ2) is 3.95. The number of hydrogen-bond acceptors (Lipinski definition) is 3. The van der Waals surface area contributed by atoms with Crippen LogP contribution in [0.4, 0.5) is 5.95 Å². The van der Waals surface area contributed by atoms with Gasteiger partial charge in [0.15, 0.2) is 0 Å². The molecule has 1 aliphatic rings. The highest BCUT2D eigenvalue weighted by Gasteiger charge is 2.23. The first-order valence-electron chi connectivity index (χ1n) is 5.30. The summed E-state index contributed by atoms with van der Waals surface area (Å²) in [5.74, 6) is 1.71. The van der Waals surface area contributed by atoms with E-state index in [-0.39, 0.29) is 0 Å². The summed E-state index contributed by atoms with van der Waals surface area (Å²) >= 11 is 0. The maximum atomic E-state index is 4.32. The van der Waals surface area contributed by atoms with Crippen molar-refractivity contribution in [3.05, 3.63) is 18.0 Å². The Balaban J connectivity index is 1.88. The van der Waals surface area contributed by atoms with Crippen LogP contribution in [0.3, 0.4) is 0 Å². The van der Waals surface area contributed by atoms with E-state index >= 15 is 0 Å². The van der Waals surface area contributed by atoms with Crippen molar-refractivity contribution in [1.82, 2.24) is 9.97 Å². The Labute approximate surface area is 85.0 Å². The monoisotopic (exact) mass is 191 g/mol. The van der Waals surface area contributed by atoms with Crippen molar-refractivity contribution in [3.63, 3.8) is 0 Å². The molecule has 0 amide bonds. The minimum atomic E-state index is 0.490. The van der Waals surface area contributed by atoms with Gasteiger partial charge in [-0.25, -0.2) is 9.97 Å². The van der Waals surface area contributed by atoms with Gasteiger partial charge < -0.3 is 5.32 Å². The second-order valence-electron chi connectivity index (χ2n) is 4.25. The molecule has 3 nitrogen and oxygen atoms in total. The van der Waals surface area contributed by atoms with E-state index in [4.69, 9.17) is 0 Å². The molecule has 1 N–H and O–H groups in total. The van der Waals surface area contributed by atoms with Crippen LogP contribution in [0.2, 0.25) is 0 Å². The lowest BCUT2D eigenvalue weighted by atomic mass is 10.2. The van der Waals surface area contributed by atoms with Crippen LogP contribution in [0.15, 0.2) is 12.3 Å². The molecule has 1 aromatic heterocycles. The molecule has 1 atom stereocenters. The smallest absolute Gasteiger partial charge is 0.223 e. The van der Waals surface area contributed by atoms with Crippen molar-refractivity contribution < 1.29 is 0 Å². The Morgan fingerprint density at radius 3 is 3.00 bits per heavy atom. The Morgan fingerprint density at radius 1 is 1.57 bits per heavy atom. The van der Waals surface area contributed by atoms with Crippen LogP contribution in [0.5, 0.6) is 0 Å². The zero-order valence-electron chi connectivity index (χ0n) is 8.83. The van der Waals surface area contributed by atoms with E-state index in [1.807, 2.05) is 13.0 Å². The Bertz CT molecular complexity index is 307. The first kappa shape index (κ1) is 9.44. The summed E-state index contributed by atoms with van der Waals surface area (Å²) in [6, 6.07) is 2.40. The number of rotatable bonds is 4. The number of anilines is 1. The van der Waals surface area contributed by atoms with Gasteiger partial charge in [0.25, 0.3) is 0 Å². The van der Waals surface area contributed by atoms with Crippen LogP contribution in [-0.4, -0.2) is 16.0 Å². The van der Waals surface area contributed by atoms with Crippen molar-refractivity contribution in [2.75, 3.05) is 5.32 Å². The molecule has 1 saturated carbocycles. The largest absolute Gasteiger partial charge is 0.352 e. The molecule has 0 bridgehead atoms. The van der Waals surface area contributed by atoms with Crippen LogP contribution in [0.25, 0.3) is 0 Å². The summed E-state index contributed by atoms with van der Waals surface area (Å²) in [7, 11) is 0. The van der Waals surface area contributed by atoms with Crippen molar-refractivity contribution >= 4 is 5.95 Å². The molecule has 1 fully saturated rings. The van der Waals surface area contributed by atoms with Crippen LogP contribution in [-0.2, 0) is 0 Å². The molecular weight excluding hydrogens is 174 g/mol. The van der Waals surface area contributed by atoms with E-state index in [0.717, 1.165) is 17.6 Å². The maximum absolute atomic E-state index is 4.32. The third-order valence-electron chi connectivity index (χ3n) is 2.55. The Hall–Kier alpha value is -1.12. The van der Waals surface area contributed by atoms with Gasteiger partial charge in [0.2, 0.25) is 5.95 Å². The minimum absolute atomic E-state index is 0.490. The van der Waals surface area contributed by atoms with E-state index in [0.29, 0.717) is 6.04 Å². The molecule has 2 rings (SSSR count). The SMILES string of the molecule is Cc1ccnc(NC(C)CC2CC2)n1. The van der Waals surface area contributed by atoms with Crippen molar-refractivity contribution in [2.24, 2.45) is 5.92 Å². The Morgan fingerprint density at radius 2 is 2.36 bits per heavy atom. The van der Waals surface area contributed by atoms with Gasteiger partial charge in [-0.2, -0.15) is 0 Å². The summed E-state index contributed by atoms with van der Waals surface area (Å²) in [5, 5.41) is 3.33. The van der Waals surface area contributed by atoms with Gasteiger partial charge in [-0.3, -0.25) is 0 Å². The van der Waals surface area contributed by atoms with Crippen LogP contribution in [0, 0.1) is 12.8 Å². The zero-order chi connectivity index (χ0) is 9.97. The zero-order valence-corrected chi connectivity index (χ0v) is 8.83. The van der Waals surface area contributed by atoms with Gasteiger partial charge in [0, 0.05) is 17.9 Å². The van der Waals surface area contributed by atoms with E-state index in [1.54, 1.807) is 6.20 Å². The van der Waals surface area contributed by atoms with E-state index < -0.39 is 0 Å².